The predicted molar refractivity (Wildman–Crippen MR) is 108 cm³/mol. The first kappa shape index (κ1) is 20.8. The predicted octanol–water partition coefficient (Wildman–Crippen LogP) is 0.181. The molecule has 9 heteroatoms. The normalized spacial score (nSPS) is 15.6. The molecule has 1 aromatic heterocycles. The van der Waals surface area contributed by atoms with Gasteiger partial charge >= 0.3 is 0 Å². The quantitative estimate of drug-likeness (QED) is 0.639. The van der Waals surface area contributed by atoms with Gasteiger partial charge in [-0.25, -0.2) is 0 Å². The number of morpholine rings is 1. The minimum atomic E-state index is -0.0231. The summed E-state index contributed by atoms with van der Waals surface area (Å²) >= 11 is 1.34. The van der Waals surface area contributed by atoms with Crippen molar-refractivity contribution in [2.45, 2.75) is 38.4 Å². The lowest BCUT2D eigenvalue weighted by Crippen LogP contribution is -3.22. The number of ether oxygens (including phenoxy) is 1. The summed E-state index contributed by atoms with van der Waals surface area (Å²) in [5, 5.41) is 15.6. The number of aryl methyl sites for hydroxylation is 2. The van der Waals surface area contributed by atoms with Gasteiger partial charge in [0, 0.05) is 0 Å². The number of tetrazole rings is 1. The molecule has 0 radical (unpaired) electrons. The molecule has 1 fully saturated rings. The number of carbonyl (C=O) groups excluding carboxylic acids is 1. The van der Waals surface area contributed by atoms with Crippen LogP contribution in [0.4, 0.5) is 0 Å². The van der Waals surface area contributed by atoms with Crippen LogP contribution < -0.4 is 10.2 Å². The number of benzene rings is 1. The van der Waals surface area contributed by atoms with E-state index >= 15 is 0 Å². The summed E-state index contributed by atoms with van der Waals surface area (Å²) in [6.45, 7) is 12.6. The number of hydrogen-bond donors (Lipinski definition) is 2. The molecule has 28 heavy (non-hydrogen) atoms. The average molecular weight is 406 g/mol. The first-order valence-corrected chi connectivity index (χ1v) is 10.5. The Balaban J connectivity index is 1.55. The fourth-order valence-electron chi connectivity index (χ4n) is 3.38. The van der Waals surface area contributed by atoms with Crippen LogP contribution >= 0.6 is 11.8 Å². The van der Waals surface area contributed by atoms with Crippen LogP contribution in [-0.4, -0.2) is 70.3 Å². The average Bonchev–Trinajstić information content (AvgIpc) is 3.14. The van der Waals surface area contributed by atoms with Gasteiger partial charge in [-0.3, -0.25) is 4.79 Å². The number of aromatic nitrogens is 4. The van der Waals surface area contributed by atoms with Crippen LogP contribution in [0, 0.1) is 13.8 Å². The van der Waals surface area contributed by atoms with E-state index in [-0.39, 0.29) is 17.2 Å². The molecule has 2 N–H and O–H groups in total. The molecular formula is C19H29N6O2S+. The van der Waals surface area contributed by atoms with E-state index in [1.165, 1.54) is 22.2 Å². The number of hydrogen-bond acceptors (Lipinski definition) is 6. The van der Waals surface area contributed by atoms with Crippen LogP contribution in [0.5, 0.6) is 0 Å². The third kappa shape index (κ3) is 5.09. The number of rotatable bonds is 7. The van der Waals surface area contributed by atoms with Crippen molar-refractivity contribution in [1.82, 2.24) is 25.5 Å². The molecule has 0 bridgehead atoms. The van der Waals surface area contributed by atoms with Crippen molar-refractivity contribution in [3.8, 4) is 5.69 Å². The van der Waals surface area contributed by atoms with Gasteiger partial charge in [0.15, 0.2) is 0 Å². The number of amides is 1. The maximum Gasteiger partial charge on any atom is 0.230 e. The highest BCUT2D eigenvalue weighted by molar-refractivity contribution is 7.99. The summed E-state index contributed by atoms with van der Waals surface area (Å²) < 4.78 is 7.12. The minimum Gasteiger partial charge on any atom is -0.370 e. The molecule has 2 aromatic rings. The van der Waals surface area contributed by atoms with Gasteiger partial charge < -0.3 is 15.0 Å². The lowest BCUT2D eigenvalue weighted by atomic mass is 10.0. The Labute approximate surface area is 170 Å². The molecule has 2 heterocycles. The highest BCUT2D eigenvalue weighted by atomic mass is 32.2. The van der Waals surface area contributed by atoms with Crippen molar-refractivity contribution in [2.24, 2.45) is 0 Å². The Hall–Kier alpha value is -1.97. The molecule has 1 aliphatic heterocycles. The molecule has 0 atom stereocenters. The van der Waals surface area contributed by atoms with Crippen LogP contribution in [-0.2, 0) is 9.53 Å². The van der Waals surface area contributed by atoms with Gasteiger partial charge in [-0.05, 0) is 49.8 Å². The number of quaternary nitrogens is 1. The standard InChI is InChI=1S/C19H28N6O2S/c1-14-5-6-16(15(2)11-14)25-18(21-22-23-25)28-12-17(26)20-13-19(3,4)24-7-9-27-10-8-24/h5-6,11H,7-10,12-13H2,1-4H3,(H,20,26)/p+1. The molecule has 1 amide bonds. The largest absolute Gasteiger partial charge is 0.370 e. The highest BCUT2D eigenvalue weighted by Gasteiger charge is 2.32. The molecule has 3 rings (SSSR count). The van der Waals surface area contributed by atoms with E-state index in [4.69, 9.17) is 4.74 Å². The molecule has 0 unspecified atom stereocenters. The molecule has 8 nitrogen and oxygen atoms in total. The summed E-state index contributed by atoms with van der Waals surface area (Å²) in [6, 6.07) is 6.12. The maximum atomic E-state index is 12.4. The zero-order chi connectivity index (χ0) is 20.1. The number of carbonyl (C=O) groups is 1. The number of nitrogens with one attached hydrogen (secondary N) is 2. The molecule has 1 aromatic carbocycles. The molecule has 0 spiro atoms. The second kappa shape index (κ2) is 9.02. The van der Waals surface area contributed by atoms with Crippen molar-refractivity contribution < 1.29 is 14.4 Å². The summed E-state index contributed by atoms with van der Waals surface area (Å²) in [5.41, 5.74) is 3.18. The van der Waals surface area contributed by atoms with Crippen molar-refractivity contribution in [2.75, 3.05) is 38.6 Å². The van der Waals surface area contributed by atoms with Crippen LogP contribution in [0.1, 0.15) is 25.0 Å². The third-order valence-corrected chi connectivity index (χ3v) is 6.05. The fraction of sp³-hybridized carbons (Fsp3) is 0.579. The SMILES string of the molecule is Cc1ccc(-n2nnnc2SCC(=O)NCC(C)(C)[NH+]2CCOCC2)c(C)c1. The number of thioether (sulfide) groups is 1. The van der Waals surface area contributed by atoms with Gasteiger partial charge in [-0.1, -0.05) is 29.5 Å². The van der Waals surface area contributed by atoms with E-state index in [0.29, 0.717) is 11.7 Å². The molecule has 1 saturated heterocycles. The molecular weight excluding hydrogens is 376 g/mol. The molecule has 0 aliphatic carbocycles. The van der Waals surface area contributed by atoms with E-state index in [0.717, 1.165) is 37.6 Å². The molecule has 0 saturated carbocycles. The second-order valence-electron chi connectivity index (χ2n) is 7.83. The lowest BCUT2D eigenvalue weighted by molar-refractivity contribution is -0.954. The van der Waals surface area contributed by atoms with E-state index in [1.807, 2.05) is 19.1 Å². The minimum absolute atomic E-state index is 0.0130. The van der Waals surface area contributed by atoms with E-state index in [2.05, 4.69) is 47.7 Å². The van der Waals surface area contributed by atoms with Crippen LogP contribution in [0.25, 0.3) is 5.69 Å². The van der Waals surface area contributed by atoms with Crippen molar-refractivity contribution in [3.63, 3.8) is 0 Å². The second-order valence-corrected chi connectivity index (χ2v) is 8.77. The van der Waals surface area contributed by atoms with E-state index in [9.17, 15) is 4.79 Å². The third-order valence-electron chi connectivity index (χ3n) is 5.13. The van der Waals surface area contributed by atoms with E-state index < -0.39 is 0 Å². The number of nitrogens with zero attached hydrogens (tertiary/aromatic N) is 4. The zero-order valence-electron chi connectivity index (χ0n) is 17.0. The van der Waals surface area contributed by atoms with Crippen molar-refractivity contribution in [3.05, 3.63) is 29.3 Å². The van der Waals surface area contributed by atoms with Crippen LogP contribution in [0.2, 0.25) is 0 Å². The van der Waals surface area contributed by atoms with Gasteiger partial charge in [0.05, 0.1) is 31.2 Å². The fourth-order valence-corrected chi connectivity index (χ4v) is 4.10. The Bertz CT molecular complexity index is 817. The maximum absolute atomic E-state index is 12.4. The molecule has 1 aliphatic rings. The van der Waals surface area contributed by atoms with Gasteiger partial charge in [0.2, 0.25) is 11.1 Å². The van der Waals surface area contributed by atoms with Gasteiger partial charge in [-0.2, -0.15) is 4.68 Å². The van der Waals surface area contributed by atoms with Crippen molar-refractivity contribution >= 4 is 17.7 Å². The summed E-state index contributed by atoms with van der Waals surface area (Å²) in [6.07, 6.45) is 0. The highest BCUT2D eigenvalue weighted by Crippen LogP contribution is 2.21. The van der Waals surface area contributed by atoms with Gasteiger partial charge in [0.25, 0.3) is 0 Å². The topological polar surface area (TPSA) is 86.4 Å². The Morgan fingerprint density at radius 2 is 2.07 bits per heavy atom. The Morgan fingerprint density at radius 1 is 1.32 bits per heavy atom. The van der Waals surface area contributed by atoms with E-state index in [1.54, 1.807) is 4.68 Å². The first-order valence-electron chi connectivity index (χ1n) is 9.55. The van der Waals surface area contributed by atoms with Crippen LogP contribution in [0.3, 0.4) is 0 Å². The molecule has 152 valence electrons. The summed E-state index contributed by atoms with van der Waals surface area (Å²) in [7, 11) is 0. The van der Waals surface area contributed by atoms with Crippen molar-refractivity contribution in [1.29, 1.82) is 0 Å². The Kier molecular flexibility index (Phi) is 6.69. The lowest BCUT2D eigenvalue weighted by Gasteiger charge is -2.37. The first-order chi connectivity index (χ1) is 13.4. The van der Waals surface area contributed by atoms with Gasteiger partial charge in [-0.15, -0.1) is 5.10 Å². The monoisotopic (exact) mass is 405 g/mol. The summed E-state index contributed by atoms with van der Waals surface area (Å²) in [4.78, 5) is 13.8. The smallest absolute Gasteiger partial charge is 0.230 e. The Morgan fingerprint density at radius 3 is 2.79 bits per heavy atom. The van der Waals surface area contributed by atoms with Crippen LogP contribution in [0.15, 0.2) is 23.4 Å². The van der Waals surface area contributed by atoms with Gasteiger partial charge in [0.1, 0.15) is 18.6 Å². The summed E-state index contributed by atoms with van der Waals surface area (Å²) in [5.74, 6) is 0.265. The zero-order valence-corrected chi connectivity index (χ0v) is 17.8.